The Morgan fingerprint density at radius 1 is 1.21 bits per heavy atom. The third kappa shape index (κ3) is 5.70. The maximum atomic E-state index is 12.6. The number of carboxylic acids is 1. The standard InChI is InChI=1S/C18H25F3N4O4/c1-3-17(4-2,16(27)28)24-14(26)12-10-22-15(29-11-18(19,20)21)13(23-12)25-8-6-5-7-9-25/h10H,3-9,11H2,1-2H3,(H,24,26)(H,27,28). The fourth-order valence-corrected chi connectivity index (χ4v) is 3.11. The van der Waals surface area contributed by atoms with Gasteiger partial charge in [0.1, 0.15) is 11.2 Å². The van der Waals surface area contributed by atoms with Crippen LogP contribution in [-0.2, 0) is 4.79 Å². The number of nitrogens with one attached hydrogen (secondary N) is 1. The maximum Gasteiger partial charge on any atom is 0.422 e. The minimum atomic E-state index is -4.54. The Kier molecular flexibility index (Phi) is 7.26. The van der Waals surface area contributed by atoms with E-state index in [9.17, 15) is 27.9 Å². The molecule has 2 heterocycles. The monoisotopic (exact) mass is 418 g/mol. The molecule has 0 spiro atoms. The lowest BCUT2D eigenvalue weighted by atomic mass is 9.93. The largest absolute Gasteiger partial charge is 0.480 e. The molecule has 29 heavy (non-hydrogen) atoms. The van der Waals surface area contributed by atoms with E-state index in [0.29, 0.717) is 13.1 Å². The van der Waals surface area contributed by atoms with Gasteiger partial charge in [0.05, 0.1) is 6.20 Å². The molecule has 0 atom stereocenters. The smallest absolute Gasteiger partial charge is 0.422 e. The molecule has 0 saturated carbocycles. The number of piperidine rings is 1. The summed E-state index contributed by atoms with van der Waals surface area (Å²) in [5.74, 6) is -2.19. The predicted molar refractivity (Wildman–Crippen MR) is 98.1 cm³/mol. The lowest BCUT2D eigenvalue weighted by molar-refractivity contribution is -0.154. The fourth-order valence-electron chi connectivity index (χ4n) is 3.11. The van der Waals surface area contributed by atoms with Crippen molar-refractivity contribution in [1.82, 2.24) is 15.3 Å². The molecule has 1 amide bonds. The van der Waals surface area contributed by atoms with Gasteiger partial charge >= 0.3 is 12.1 Å². The van der Waals surface area contributed by atoms with Crippen molar-refractivity contribution < 1.29 is 32.6 Å². The van der Waals surface area contributed by atoms with Crippen LogP contribution in [0.5, 0.6) is 5.88 Å². The normalized spacial score (nSPS) is 15.1. The van der Waals surface area contributed by atoms with Crippen molar-refractivity contribution in [1.29, 1.82) is 0 Å². The van der Waals surface area contributed by atoms with Gasteiger partial charge in [0, 0.05) is 13.1 Å². The average molecular weight is 418 g/mol. The highest BCUT2D eigenvalue weighted by atomic mass is 19.4. The van der Waals surface area contributed by atoms with E-state index in [1.54, 1.807) is 18.7 Å². The Morgan fingerprint density at radius 2 is 1.83 bits per heavy atom. The molecule has 2 rings (SSSR count). The molecule has 0 unspecified atom stereocenters. The Labute approximate surface area is 166 Å². The molecule has 0 aromatic carbocycles. The summed E-state index contributed by atoms with van der Waals surface area (Å²) in [4.78, 5) is 34.0. The van der Waals surface area contributed by atoms with E-state index in [1.165, 1.54) is 0 Å². The van der Waals surface area contributed by atoms with Gasteiger partial charge < -0.3 is 20.1 Å². The van der Waals surface area contributed by atoms with E-state index in [0.717, 1.165) is 25.5 Å². The van der Waals surface area contributed by atoms with Gasteiger partial charge in [-0.15, -0.1) is 0 Å². The van der Waals surface area contributed by atoms with E-state index in [-0.39, 0.29) is 30.2 Å². The second-order valence-corrected chi connectivity index (χ2v) is 6.88. The quantitative estimate of drug-likeness (QED) is 0.669. The molecule has 1 aliphatic heterocycles. The molecule has 162 valence electrons. The molecule has 1 aromatic rings. The zero-order valence-corrected chi connectivity index (χ0v) is 16.4. The summed E-state index contributed by atoms with van der Waals surface area (Å²) in [5, 5.41) is 12.0. The van der Waals surface area contributed by atoms with Crippen molar-refractivity contribution in [2.75, 3.05) is 24.6 Å². The first-order chi connectivity index (χ1) is 13.6. The zero-order valence-electron chi connectivity index (χ0n) is 16.4. The van der Waals surface area contributed by atoms with Gasteiger partial charge in [-0.25, -0.2) is 14.8 Å². The van der Waals surface area contributed by atoms with Gasteiger partial charge in [-0.2, -0.15) is 13.2 Å². The maximum absolute atomic E-state index is 12.6. The van der Waals surface area contributed by atoms with Crippen LogP contribution in [-0.4, -0.2) is 58.4 Å². The van der Waals surface area contributed by atoms with E-state index in [4.69, 9.17) is 4.74 Å². The van der Waals surface area contributed by atoms with Gasteiger partial charge in [0.25, 0.3) is 11.8 Å². The Balaban J connectivity index is 2.33. The number of aromatic nitrogens is 2. The number of amides is 1. The third-order valence-electron chi connectivity index (χ3n) is 4.95. The van der Waals surface area contributed by atoms with Crippen LogP contribution in [0.2, 0.25) is 0 Å². The summed E-state index contributed by atoms with van der Waals surface area (Å²) in [6.07, 6.45) is -0.605. The molecule has 11 heteroatoms. The number of anilines is 1. The van der Waals surface area contributed by atoms with Crippen molar-refractivity contribution >= 4 is 17.7 Å². The topological polar surface area (TPSA) is 105 Å². The molecular formula is C18H25F3N4O4. The van der Waals surface area contributed by atoms with Crippen molar-refractivity contribution in [2.45, 2.75) is 57.7 Å². The number of ether oxygens (including phenoxy) is 1. The number of carbonyl (C=O) groups is 2. The highest BCUT2D eigenvalue weighted by Crippen LogP contribution is 2.28. The predicted octanol–water partition coefficient (Wildman–Crippen LogP) is 2.78. The van der Waals surface area contributed by atoms with E-state index < -0.39 is 30.2 Å². The van der Waals surface area contributed by atoms with E-state index in [1.807, 2.05) is 0 Å². The first kappa shape index (κ1) is 22.7. The van der Waals surface area contributed by atoms with E-state index in [2.05, 4.69) is 15.3 Å². The summed E-state index contributed by atoms with van der Waals surface area (Å²) in [6, 6.07) is 0. The molecular weight excluding hydrogens is 393 g/mol. The first-order valence-corrected chi connectivity index (χ1v) is 9.49. The number of aliphatic carboxylic acids is 1. The molecule has 0 radical (unpaired) electrons. The minimum Gasteiger partial charge on any atom is -0.480 e. The number of halogens is 3. The van der Waals surface area contributed by atoms with Crippen LogP contribution in [0.15, 0.2) is 6.20 Å². The Morgan fingerprint density at radius 3 is 2.34 bits per heavy atom. The van der Waals surface area contributed by atoms with Crippen molar-refractivity contribution in [3.8, 4) is 5.88 Å². The van der Waals surface area contributed by atoms with Crippen LogP contribution in [0.4, 0.5) is 19.0 Å². The van der Waals surface area contributed by atoms with Gasteiger partial charge in [-0.1, -0.05) is 13.8 Å². The molecule has 0 bridgehead atoms. The number of rotatable bonds is 8. The van der Waals surface area contributed by atoms with Gasteiger partial charge in [0.15, 0.2) is 12.4 Å². The number of nitrogens with zero attached hydrogens (tertiary/aromatic N) is 3. The molecule has 1 fully saturated rings. The van der Waals surface area contributed by atoms with Crippen LogP contribution in [0.25, 0.3) is 0 Å². The van der Waals surface area contributed by atoms with E-state index >= 15 is 0 Å². The second kappa shape index (κ2) is 9.27. The summed E-state index contributed by atoms with van der Waals surface area (Å²) in [6.45, 7) is 2.84. The van der Waals surface area contributed by atoms with Crippen LogP contribution in [0, 0.1) is 0 Å². The van der Waals surface area contributed by atoms with Gasteiger partial charge in [0.2, 0.25) is 0 Å². The first-order valence-electron chi connectivity index (χ1n) is 9.49. The SMILES string of the molecule is CCC(CC)(NC(=O)c1cnc(OCC(F)(F)F)c(N2CCCCC2)n1)C(=O)O. The van der Waals surface area contributed by atoms with Crippen LogP contribution in [0.1, 0.15) is 56.4 Å². The lowest BCUT2D eigenvalue weighted by Crippen LogP contribution is -2.53. The van der Waals surface area contributed by atoms with Gasteiger partial charge in [-0.3, -0.25) is 4.79 Å². The molecule has 1 aliphatic rings. The number of carboxylic acid groups (broad SMARTS) is 1. The van der Waals surface area contributed by atoms with Crippen molar-refractivity contribution in [2.24, 2.45) is 0 Å². The summed E-state index contributed by atoms with van der Waals surface area (Å²) in [5.41, 5.74) is -1.65. The number of carbonyl (C=O) groups excluding carboxylic acids is 1. The Hall–Kier alpha value is -2.59. The second-order valence-electron chi connectivity index (χ2n) is 6.88. The highest BCUT2D eigenvalue weighted by Gasteiger charge is 2.37. The molecule has 1 saturated heterocycles. The summed E-state index contributed by atoms with van der Waals surface area (Å²) in [7, 11) is 0. The Bertz CT molecular complexity index is 732. The summed E-state index contributed by atoms with van der Waals surface area (Å²) >= 11 is 0. The molecule has 1 aromatic heterocycles. The zero-order chi connectivity index (χ0) is 21.7. The molecule has 0 aliphatic carbocycles. The van der Waals surface area contributed by atoms with Crippen LogP contribution < -0.4 is 15.0 Å². The van der Waals surface area contributed by atoms with Crippen LogP contribution in [0.3, 0.4) is 0 Å². The van der Waals surface area contributed by atoms with Crippen molar-refractivity contribution in [3.63, 3.8) is 0 Å². The fraction of sp³-hybridized carbons (Fsp3) is 0.667. The molecule has 2 N–H and O–H groups in total. The minimum absolute atomic E-state index is 0.0514. The van der Waals surface area contributed by atoms with Gasteiger partial charge in [-0.05, 0) is 32.1 Å². The summed E-state index contributed by atoms with van der Waals surface area (Å²) < 4.78 is 42.5. The van der Waals surface area contributed by atoms with Crippen molar-refractivity contribution in [3.05, 3.63) is 11.9 Å². The number of alkyl halides is 3. The van der Waals surface area contributed by atoms with Crippen LogP contribution >= 0.6 is 0 Å². The third-order valence-corrected chi connectivity index (χ3v) is 4.95. The lowest BCUT2D eigenvalue weighted by Gasteiger charge is -2.30. The molecule has 8 nitrogen and oxygen atoms in total. The highest BCUT2D eigenvalue weighted by molar-refractivity contribution is 5.96. The average Bonchev–Trinajstić information content (AvgIpc) is 2.70. The number of hydrogen-bond acceptors (Lipinski definition) is 6. The number of hydrogen-bond donors (Lipinski definition) is 2.